The van der Waals surface area contributed by atoms with Crippen molar-refractivity contribution in [1.29, 1.82) is 0 Å². The predicted molar refractivity (Wildman–Crippen MR) is 115 cm³/mol. The maximum absolute atomic E-state index is 11.6. The van der Waals surface area contributed by atoms with E-state index in [9.17, 15) is 15.0 Å². The molecule has 1 heterocycles. The van der Waals surface area contributed by atoms with Crippen LogP contribution in [-0.4, -0.2) is 34.5 Å². The molecule has 6 heteroatoms. The summed E-state index contributed by atoms with van der Waals surface area (Å²) in [5, 5.41) is 28.8. The molecular formula is C22H32N2O3S. The average Bonchev–Trinajstić information content (AvgIpc) is 3.08. The second kappa shape index (κ2) is 9.54. The number of carboxylic acid groups (broad SMARTS) is 1. The number of amides is 1. The molecule has 0 aliphatic carbocycles. The van der Waals surface area contributed by atoms with Crippen molar-refractivity contribution in [2.75, 3.05) is 6.54 Å². The van der Waals surface area contributed by atoms with Crippen molar-refractivity contribution in [2.24, 2.45) is 5.41 Å². The van der Waals surface area contributed by atoms with Gasteiger partial charge >= 0.3 is 6.09 Å². The van der Waals surface area contributed by atoms with Gasteiger partial charge in [0, 0.05) is 18.0 Å². The molecule has 0 radical (unpaired) electrons. The van der Waals surface area contributed by atoms with Crippen LogP contribution in [0, 0.1) is 5.41 Å². The lowest BCUT2D eigenvalue weighted by atomic mass is 9.66. The molecule has 5 nitrogen and oxygen atoms in total. The largest absolute Gasteiger partial charge is 0.465 e. The van der Waals surface area contributed by atoms with Crippen molar-refractivity contribution in [3.05, 3.63) is 57.8 Å². The zero-order valence-corrected chi connectivity index (χ0v) is 18.0. The van der Waals surface area contributed by atoms with Crippen LogP contribution in [0.3, 0.4) is 0 Å². The zero-order chi connectivity index (χ0) is 20.8. The Balaban J connectivity index is 2.19. The first-order valence-electron chi connectivity index (χ1n) is 9.68. The monoisotopic (exact) mass is 404 g/mol. The Morgan fingerprint density at radius 2 is 1.86 bits per heavy atom. The minimum atomic E-state index is -1.13. The van der Waals surface area contributed by atoms with E-state index in [1.165, 1.54) is 10.4 Å². The van der Waals surface area contributed by atoms with Crippen LogP contribution in [0.25, 0.3) is 0 Å². The number of nitrogens with one attached hydrogen (secondary N) is 2. The van der Waals surface area contributed by atoms with Crippen molar-refractivity contribution >= 4 is 17.4 Å². The first-order valence-corrected chi connectivity index (χ1v) is 10.6. The van der Waals surface area contributed by atoms with Gasteiger partial charge < -0.3 is 20.8 Å². The van der Waals surface area contributed by atoms with Crippen molar-refractivity contribution in [3.8, 4) is 0 Å². The fourth-order valence-electron chi connectivity index (χ4n) is 3.54. The summed E-state index contributed by atoms with van der Waals surface area (Å²) in [6, 6.07) is 11.9. The normalized spacial score (nSPS) is 15.0. The van der Waals surface area contributed by atoms with E-state index in [4.69, 9.17) is 0 Å². The summed E-state index contributed by atoms with van der Waals surface area (Å²) in [6.45, 7) is 8.95. The van der Waals surface area contributed by atoms with Crippen LogP contribution in [0.5, 0.6) is 0 Å². The molecule has 28 heavy (non-hydrogen) atoms. The number of hydrogen-bond acceptors (Lipinski definition) is 4. The maximum atomic E-state index is 11.6. The van der Waals surface area contributed by atoms with Gasteiger partial charge in [-0.25, -0.2) is 4.79 Å². The Morgan fingerprint density at radius 3 is 2.39 bits per heavy atom. The molecule has 0 saturated carbocycles. The van der Waals surface area contributed by atoms with Gasteiger partial charge in [-0.3, -0.25) is 0 Å². The lowest BCUT2D eigenvalue weighted by molar-refractivity contribution is -0.00885. The van der Waals surface area contributed by atoms with E-state index in [0.717, 1.165) is 12.0 Å². The Hall–Kier alpha value is -1.89. The van der Waals surface area contributed by atoms with E-state index in [1.54, 1.807) is 11.3 Å². The molecular weight excluding hydrogens is 372 g/mol. The van der Waals surface area contributed by atoms with Crippen LogP contribution < -0.4 is 10.6 Å². The third-order valence-electron chi connectivity index (χ3n) is 5.29. The zero-order valence-electron chi connectivity index (χ0n) is 17.2. The number of benzene rings is 1. The summed E-state index contributed by atoms with van der Waals surface area (Å²) >= 11 is 1.74. The van der Waals surface area contributed by atoms with Gasteiger partial charge in [-0.05, 0) is 40.8 Å². The molecule has 2 aromatic rings. The molecule has 1 amide bonds. The van der Waals surface area contributed by atoms with Crippen LogP contribution in [-0.2, 0) is 19.4 Å². The van der Waals surface area contributed by atoms with E-state index in [0.29, 0.717) is 19.5 Å². The SMILES string of the molecule is CCc1cc(CNC[C@@H](O)[C@@](Cc2ccccc2)(NC(=O)O)C(C)(C)C)cs1. The molecule has 1 aromatic carbocycles. The van der Waals surface area contributed by atoms with E-state index < -0.39 is 23.2 Å². The highest BCUT2D eigenvalue weighted by Crippen LogP contribution is 2.36. The summed E-state index contributed by atoms with van der Waals surface area (Å²) in [4.78, 5) is 13.0. The number of aliphatic hydroxyl groups excluding tert-OH is 1. The number of aliphatic hydroxyl groups is 1. The lowest BCUT2D eigenvalue weighted by Crippen LogP contribution is -2.67. The van der Waals surface area contributed by atoms with Gasteiger partial charge in [0.1, 0.15) is 0 Å². The van der Waals surface area contributed by atoms with Crippen LogP contribution in [0.4, 0.5) is 4.79 Å². The minimum Gasteiger partial charge on any atom is -0.465 e. The van der Waals surface area contributed by atoms with Crippen LogP contribution in [0.1, 0.15) is 43.7 Å². The lowest BCUT2D eigenvalue weighted by Gasteiger charge is -2.48. The number of aryl methyl sites for hydroxylation is 1. The quantitative estimate of drug-likeness (QED) is 0.508. The predicted octanol–water partition coefficient (Wildman–Crippen LogP) is 4.06. The third-order valence-corrected chi connectivity index (χ3v) is 6.42. The van der Waals surface area contributed by atoms with Gasteiger partial charge in [0.25, 0.3) is 0 Å². The molecule has 0 saturated heterocycles. The standard InChI is InChI=1S/C22H32N2O3S/c1-5-18-11-17(15-28-18)13-23-14-19(25)22(21(2,3)4,24-20(26)27)12-16-9-7-6-8-10-16/h6-11,15,19,23-25H,5,12-14H2,1-4H3,(H,26,27)/t19-,22-/m1/s1. The summed E-state index contributed by atoms with van der Waals surface area (Å²) in [5.74, 6) is 0. The molecule has 0 fully saturated rings. The van der Waals surface area contributed by atoms with Crippen LogP contribution in [0.2, 0.25) is 0 Å². The number of carbonyl (C=O) groups is 1. The first kappa shape index (κ1) is 22.4. The van der Waals surface area contributed by atoms with E-state index in [-0.39, 0.29) is 0 Å². The second-order valence-corrected chi connectivity index (χ2v) is 9.23. The topological polar surface area (TPSA) is 81.6 Å². The Kier molecular flexibility index (Phi) is 7.63. The van der Waals surface area contributed by atoms with Gasteiger partial charge in [0.05, 0.1) is 11.6 Å². The van der Waals surface area contributed by atoms with Crippen molar-refractivity contribution in [2.45, 2.75) is 58.7 Å². The average molecular weight is 405 g/mol. The molecule has 0 aliphatic rings. The molecule has 1 aromatic heterocycles. The molecule has 0 unspecified atom stereocenters. The fraction of sp³-hybridized carbons (Fsp3) is 0.500. The fourth-order valence-corrected chi connectivity index (χ4v) is 4.38. The summed E-state index contributed by atoms with van der Waals surface area (Å²) in [6.07, 6.45) is -0.603. The second-order valence-electron chi connectivity index (χ2n) is 8.24. The third kappa shape index (κ3) is 5.56. The Labute approximate surface area is 171 Å². The van der Waals surface area contributed by atoms with Gasteiger partial charge in [0.15, 0.2) is 0 Å². The smallest absolute Gasteiger partial charge is 0.405 e. The summed E-state index contributed by atoms with van der Waals surface area (Å²) in [5.41, 5.74) is 0.636. The molecule has 4 N–H and O–H groups in total. The highest BCUT2D eigenvalue weighted by atomic mass is 32.1. The van der Waals surface area contributed by atoms with Crippen molar-refractivity contribution < 1.29 is 15.0 Å². The molecule has 0 aliphatic heterocycles. The molecule has 2 atom stereocenters. The summed E-state index contributed by atoms with van der Waals surface area (Å²) in [7, 11) is 0. The Morgan fingerprint density at radius 1 is 1.18 bits per heavy atom. The first-order chi connectivity index (χ1) is 13.2. The highest BCUT2D eigenvalue weighted by Gasteiger charge is 2.48. The van der Waals surface area contributed by atoms with Crippen LogP contribution in [0.15, 0.2) is 41.8 Å². The number of rotatable bonds is 9. The minimum absolute atomic E-state index is 0.293. The van der Waals surface area contributed by atoms with Gasteiger partial charge in [-0.1, -0.05) is 58.0 Å². The van der Waals surface area contributed by atoms with E-state index in [2.05, 4.69) is 29.0 Å². The van der Waals surface area contributed by atoms with Gasteiger partial charge in [-0.2, -0.15) is 0 Å². The maximum Gasteiger partial charge on any atom is 0.405 e. The number of thiophene rings is 1. The summed E-state index contributed by atoms with van der Waals surface area (Å²) < 4.78 is 0. The molecule has 2 rings (SSSR count). The van der Waals surface area contributed by atoms with Crippen molar-refractivity contribution in [1.82, 2.24) is 10.6 Å². The molecule has 0 bridgehead atoms. The molecule has 154 valence electrons. The van der Waals surface area contributed by atoms with Crippen LogP contribution >= 0.6 is 11.3 Å². The van der Waals surface area contributed by atoms with Crippen molar-refractivity contribution in [3.63, 3.8) is 0 Å². The van der Waals surface area contributed by atoms with Gasteiger partial charge in [-0.15, -0.1) is 11.3 Å². The van der Waals surface area contributed by atoms with E-state index >= 15 is 0 Å². The van der Waals surface area contributed by atoms with E-state index in [1.807, 2.05) is 51.1 Å². The highest BCUT2D eigenvalue weighted by molar-refractivity contribution is 7.10. The molecule has 0 spiro atoms. The van der Waals surface area contributed by atoms with Gasteiger partial charge in [0.2, 0.25) is 0 Å². The number of hydrogen-bond donors (Lipinski definition) is 4. The Bertz CT molecular complexity index is 755.